The molecule has 0 unspecified atom stereocenters. The van der Waals surface area contributed by atoms with Crippen molar-refractivity contribution in [1.82, 2.24) is 0 Å². The Balaban J connectivity index is 2.20. The van der Waals surface area contributed by atoms with Crippen LogP contribution in [0.15, 0.2) is 60.7 Å². The van der Waals surface area contributed by atoms with Gasteiger partial charge in [-0.3, -0.25) is 0 Å². The van der Waals surface area contributed by atoms with E-state index in [0.29, 0.717) is 0 Å². The zero-order chi connectivity index (χ0) is 11.4. The minimum atomic E-state index is -0.552. The quantitative estimate of drug-likeness (QED) is 0.802. The van der Waals surface area contributed by atoms with Crippen molar-refractivity contribution in [2.24, 2.45) is 0 Å². The van der Waals surface area contributed by atoms with Gasteiger partial charge < -0.3 is 10.8 Å². The molecule has 16 heavy (non-hydrogen) atoms. The van der Waals surface area contributed by atoms with Gasteiger partial charge in [0.05, 0.1) is 0 Å². The molecule has 2 atom stereocenters. The van der Waals surface area contributed by atoms with Gasteiger partial charge in [0, 0.05) is 5.56 Å². The maximum Gasteiger partial charge on any atom is 0.140 e. The highest BCUT2D eigenvalue weighted by Crippen LogP contribution is 2.24. The molecule has 2 rings (SSSR count). The highest BCUT2D eigenvalue weighted by Gasteiger charge is 2.21. The van der Waals surface area contributed by atoms with Crippen LogP contribution in [0.25, 0.3) is 0 Å². The fraction of sp³-hybridized carbons (Fsp3) is 0.143. The van der Waals surface area contributed by atoms with E-state index in [1.807, 2.05) is 60.7 Å². The summed E-state index contributed by atoms with van der Waals surface area (Å²) in [6, 6.07) is 19.4. The van der Waals surface area contributed by atoms with E-state index >= 15 is 0 Å². The van der Waals surface area contributed by atoms with Gasteiger partial charge in [-0.15, -0.1) is 0 Å². The zero-order valence-electron chi connectivity index (χ0n) is 9.08. The van der Waals surface area contributed by atoms with Crippen LogP contribution >= 0.6 is 0 Å². The molecule has 2 heteroatoms. The molecule has 0 saturated carbocycles. The van der Waals surface area contributed by atoms with Crippen LogP contribution in [0.5, 0.6) is 0 Å². The van der Waals surface area contributed by atoms with Crippen molar-refractivity contribution in [3.8, 4) is 0 Å². The van der Waals surface area contributed by atoms with Gasteiger partial charge in [-0.2, -0.15) is 0 Å². The molecule has 4 N–H and O–H groups in total. The Labute approximate surface area is 95.4 Å². The number of quaternary nitrogens is 1. The van der Waals surface area contributed by atoms with Crippen molar-refractivity contribution in [2.75, 3.05) is 0 Å². The summed E-state index contributed by atoms with van der Waals surface area (Å²) in [6.07, 6.45) is -0.552. The van der Waals surface area contributed by atoms with Crippen LogP contribution in [-0.2, 0) is 0 Å². The summed E-state index contributed by atoms with van der Waals surface area (Å²) in [5.41, 5.74) is 6.00. The molecular weight excluding hydrogens is 198 g/mol. The fourth-order valence-electron chi connectivity index (χ4n) is 1.77. The van der Waals surface area contributed by atoms with Crippen LogP contribution in [0.1, 0.15) is 23.3 Å². The molecular formula is C14H16NO+. The Morgan fingerprint density at radius 3 is 1.69 bits per heavy atom. The van der Waals surface area contributed by atoms with E-state index in [1.165, 1.54) is 0 Å². The normalized spacial score (nSPS) is 14.4. The van der Waals surface area contributed by atoms with Crippen LogP contribution < -0.4 is 5.73 Å². The second-order valence-electron chi connectivity index (χ2n) is 3.87. The summed E-state index contributed by atoms with van der Waals surface area (Å²) >= 11 is 0. The van der Waals surface area contributed by atoms with Crippen LogP contribution in [-0.4, -0.2) is 5.11 Å². The Bertz CT molecular complexity index is 384. The first-order chi connectivity index (χ1) is 7.79. The van der Waals surface area contributed by atoms with Gasteiger partial charge in [-0.05, 0) is 5.56 Å². The maximum atomic E-state index is 10.2. The van der Waals surface area contributed by atoms with Crippen molar-refractivity contribution >= 4 is 0 Å². The molecule has 0 aliphatic carbocycles. The Morgan fingerprint density at radius 1 is 0.750 bits per heavy atom. The summed E-state index contributed by atoms with van der Waals surface area (Å²) in [5.74, 6) is 0. The lowest BCUT2D eigenvalue weighted by atomic mass is 9.97. The average molecular weight is 214 g/mol. The third-order valence-electron chi connectivity index (χ3n) is 2.75. The lowest BCUT2D eigenvalue weighted by Crippen LogP contribution is -2.56. The minimum absolute atomic E-state index is 0.136. The van der Waals surface area contributed by atoms with Gasteiger partial charge in [0.25, 0.3) is 0 Å². The van der Waals surface area contributed by atoms with E-state index in [9.17, 15) is 5.11 Å². The first-order valence-corrected chi connectivity index (χ1v) is 5.40. The van der Waals surface area contributed by atoms with E-state index in [-0.39, 0.29) is 6.04 Å². The molecule has 0 radical (unpaired) electrons. The van der Waals surface area contributed by atoms with Crippen LogP contribution in [0.4, 0.5) is 0 Å². The molecule has 0 saturated heterocycles. The lowest BCUT2D eigenvalue weighted by molar-refractivity contribution is -0.446. The van der Waals surface area contributed by atoms with Gasteiger partial charge in [0.2, 0.25) is 0 Å². The Kier molecular flexibility index (Phi) is 3.34. The molecule has 0 spiro atoms. The summed E-state index contributed by atoms with van der Waals surface area (Å²) < 4.78 is 0. The summed E-state index contributed by atoms with van der Waals surface area (Å²) in [4.78, 5) is 0. The third kappa shape index (κ3) is 2.30. The number of aliphatic hydroxyl groups is 1. The van der Waals surface area contributed by atoms with Crippen molar-refractivity contribution in [3.05, 3.63) is 71.8 Å². The molecule has 2 aromatic carbocycles. The monoisotopic (exact) mass is 214 g/mol. The number of hydrogen-bond acceptors (Lipinski definition) is 1. The van der Waals surface area contributed by atoms with Gasteiger partial charge in [-0.25, -0.2) is 0 Å². The van der Waals surface area contributed by atoms with Gasteiger partial charge in [-0.1, -0.05) is 60.7 Å². The molecule has 2 nitrogen and oxygen atoms in total. The number of rotatable bonds is 3. The van der Waals surface area contributed by atoms with Crippen molar-refractivity contribution in [3.63, 3.8) is 0 Å². The number of benzene rings is 2. The molecule has 0 aliphatic heterocycles. The SMILES string of the molecule is [NH3+][C@H](c1ccccc1)[C@@H](O)c1ccccc1. The summed E-state index contributed by atoms with van der Waals surface area (Å²) in [5, 5.41) is 10.2. The highest BCUT2D eigenvalue weighted by molar-refractivity contribution is 5.24. The number of hydrogen-bond donors (Lipinski definition) is 2. The predicted molar refractivity (Wildman–Crippen MR) is 63.5 cm³/mol. The fourth-order valence-corrected chi connectivity index (χ4v) is 1.77. The average Bonchev–Trinajstić information content (AvgIpc) is 2.39. The molecule has 0 fully saturated rings. The molecule has 0 aliphatic rings. The zero-order valence-corrected chi connectivity index (χ0v) is 9.08. The van der Waals surface area contributed by atoms with Crippen LogP contribution in [0.3, 0.4) is 0 Å². The first-order valence-electron chi connectivity index (χ1n) is 5.40. The topological polar surface area (TPSA) is 47.9 Å². The molecule has 0 bridgehead atoms. The van der Waals surface area contributed by atoms with E-state index in [1.54, 1.807) is 0 Å². The molecule has 0 amide bonds. The highest BCUT2D eigenvalue weighted by atomic mass is 16.3. The lowest BCUT2D eigenvalue weighted by Gasteiger charge is -2.16. The number of aliphatic hydroxyl groups excluding tert-OH is 1. The minimum Gasteiger partial charge on any atom is -0.382 e. The second-order valence-corrected chi connectivity index (χ2v) is 3.87. The summed E-state index contributed by atoms with van der Waals surface area (Å²) in [6.45, 7) is 0. The van der Waals surface area contributed by atoms with Gasteiger partial charge in [0.1, 0.15) is 12.1 Å². The van der Waals surface area contributed by atoms with Gasteiger partial charge in [0.15, 0.2) is 0 Å². The Hall–Kier alpha value is -1.64. The molecule has 0 heterocycles. The van der Waals surface area contributed by atoms with E-state index in [2.05, 4.69) is 5.73 Å². The van der Waals surface area contributed by atoms with Crippen molar-refractivity contribution in [2.45, 2.75) is 12.1 Å². The summed E-state index contributed by atoms with van der Waals surface area (Å²) in [7, 11) is 0. The molecule has 0 aromatic heterocycles. The van der Waals surface area contributed by atoms with Crippen molar-refractivity contribution < 1.29 is 10.8 Å². The Morgan fingerprint density at radius 2 is 1.19 bits per heavy atom. The van der Waals surface area contributed by atoms with E-state index in [0.717, 1.165) is 11.1 Å². The standard InChI is InChI=1S/C14H15NO/c15-13(11-7-3-1-4-8-11)14(16)12-9-5-2-6-10-12/h1-10,13-14,16H,15H2/p+1/t13-,14+/m1/s1. The van der Waals surface area contributed by atoms with Crippen molar-refractivity contribution in [1.29, 1.82) is 0 Å². The van der Waals surface area contributed by atoms with Crippen LogP contribution in [0, 0.1) is 0 Å². The second kappa shape index (κ2) is 4.92. The molecule has 82 valence electrons. The van der Waals surface area contributed by atoms with E-state index in [4.69, 9.17) is 0 Å². The first kappa shape index (κ1) is 10.9. The van der Waals surface area contributed by atoms with Crippen LogP contribution in [0.2, 0.25) is 0 Å². The van der Waals surface area contributed by atoms with E-state index < -0.39 is 6.10 Å². The molecule has 2 aromatic rings. The third-order valence-corrected chi connectivity index (χ3v) is 2.75. The predicted octanol–water partition coefficient (Wildman–Crippen LogP) is 1.70. The largest absolute Gasteiger partial charge is 0.382 e. The smallest absolute Gasteiger partial charge is 0.140 e. The maximum absolute atomic E-state index is 10.2. The van der Waals surface area contributed by atoms with Gasteiger partial charge >= 0.3 is 0 Å².